The molecule has 3 rings (SSSR count). The highest BCUT2D eigenvalue weighted by Gasteiger charge is 2.26. The minimum absolute atomic E-state index is 0.209. The Balaban J connectivity index is 1.90. The SMILES string of the molecule is COc1ccc(C(=O)N(Cc2cc(NC(=O)c3ccncc3)ccc2Cl)CC(C)(C)CN)cc1OC. The Bertz CT molecular complexity index is 1220. The number of rotatable bonds is 10. The molecule has 0 unspecified atom stereocenters. The van der Waals surface area contributed by atoms with E-state index in [0.717, 1.165) is 0 Å². The average Bonchev–Trinajstić information content (AvgIpc) is 2.89. The van der Waals surface area contributed by atoms with Crippen LogP contribution in [0.15, 0.2) is 60.9 Å². The maximum Gasteiger partial charge on any atom is 0.255 e. The van der Waals surface area contributed by atoms with Crippen LogP contribution >= 0.6 is 11.6 Å². The molecule has 9 heteroatoms. The van der Waals surface area contributed by atoms with Crippen LogP contribution < -0.4 is 20.5 Å². The summed E-state index contributed by atoms with van der Waals surface area (Å²) in [7, 11) is 3.06. The fraction of sp³-hybridized carbons (Fsp3) is 0.296. The molecule has 0 atom stereocenters. The van der Waals surface area contributed by atoms with Crippen LogP contribution in [-0.4, -0.2) is 49.0 Å². The van der Waals surface area contributed by atoms with E-state index >= 15 is 0 Å². The molecule has 0 fully saturated rings. The zero-order chi connectivity index (χ0) is 26.3. The number of halogens is 1. The molecule has 0 radical (unpaired) electrons. The number of carbonyl (C=O) groups is 2. The van der Waals surface area contributed by atoms with Gasteiger partial charge in [-0.1, -0.05) is 25.4 Å². The van der Waals surface area contributed by atoms with E-state index in [9.17, 15) is 9.59 Å². The summed E-state index contributed by atoms with van der Waals surface area (Å²) in [5.74, 6) is 0.511. The highest BCUT2D eigenvalue weighted by atomic mass is 35.5. The van der Waals surface area contributed by atoms with Gasteiger partial charge >= 0.3 is 0 Å². The number of aromatic nitrogens is 1. The van der Waals surface area contributed by atoms with Gasteiger partial charge in [-0.2, -0.15) is 0 Å². The van der Waals surface area contributed by atoms with Gasteiger partial charge in [0.25, 0.3) is 11.8 Å². The lowest BCUT2D eigenvalue weighted by Crippen LogP contribution is -2.41. The predicted molar refractivity (Wildman–Crippen MR) is 141 cm³/mol. The molecule has 2 amide bonds. The predicted octanol–water partition coefficient (Wildman–Crippen LogP) is 4.63. The number of hydrogen-bond donors (Lipinski definition) is 2. The van der Waals surface area contributed by atoms with Gasteiger partial charge in [0, 0.05) is 47.3 Å². The van der Waals surface area contributed by atoms with Crippen LogP contribution in [0.3, 0.4) is 0 Å². The number of benzene rings is 2. The standard InChI is InChI=1S/C27H31ClN4O4/c1-27(2,16-29)17-32(26(34)19-5-8-23(35-3)24(14-19)36-4)15-20-13-21(6-7-22(20)28)31-25(33)18-9-11-30-12-10-18/h5-14H,15-17,29H2,1-4H3,(H,31,33). The maximum absolute atomic E-state index is 13.6. The Kier molecular flexibility index (Phi) is 8.90. The molecule has 3 N–H and O–H groups in total. The number of anilines is 1. The number of methoxy groups -OCH3 is 2. The molecule has 0 aliphatic rings. The largest absolute Gasteiger partial charge is 0.493 e. The molecule has 1 heterocycles. The van der Waals surface area contributed by atoms with Crippen LogP contribution in [0.25, 0.3) is 0 Å². The van der Waals surface area contributed by atoms with E-state index < -0.39 is 0 Å². The first-order valence-corrected chi connectivity index (χ1v) is 11.8. The lowest BCUT2D eigenvalue weighted by Gasteiger charge is -2.32. The molecule has 8 nitrogen and oxygen atoms in total. The number of pyridine rings is 1. The van der Waals surface area contributed by atoms with Gasteiger partial charge in [0.15, 0.2) is 11.5 Å². The zero-order valence-electron chi connectivity index (χ0n) is 20.9. The van der Waals surface area contributed by atoms with Crippen molar-refractivity contribution in [1.82, 2.24) is 9.88 Å². The molecular formula is C27H31ClN4O4. The quantitative estimate of drug-likeness (QED) is 0.412. The molecular weight excluding hydrogens is 480 g/mol. The summed E-state index contributed by atoms with van der Waals surface area (Å²) in [6.45, 7) is 4.98. The van der Waals surface area contributed by atoms with Crippen LogP contribution in [-0.2, 0) is 6.54 Å². The topological polar surface area (TPSA) is 107 Å². The van der Waals surface area contributed by atoms with Gasteiger partial charge in [-0.05, 0) is 66.1 Å². The molecule has 0 aliphatic carbocycles. The van der Waals surface area contributed by atoms with Crippen LogP contribution in [0.5, 0.6) is 11.5 Å². The normalized spacial score (nSPS) is 11.1. The van der Waals surface area contributed by atoms with E-state index in [1.807, 2.05) is 13.8 Å². The molecule has 3 aromatic rings. The molecule has 36 heavy (non-hydrogen) atoms. The average molecular weight is 511 g/mol. The number of nitrogens with zero attached hydrogens (tertiary/aromatic N) is 2. The molecule has 0 aliphatic heterocycles. The first-order chi connectivity index (χ1) is 17.2. The van der Waals surface area contributed by atoms with E-state index in [4.69, 9.17) is 26.8 Å². The third kappa shape index (κ3) is 6.74. The van der Waals surface area contributed by atoms with Crippen LogP contribution in [0.2, 0.25) is 5.02 Å². The number of hydrogen-bond acceptors (Lipinski definition) is 6. The zero-order valence-corrected chi connectivity index (χ0v) is 21.6. The number of ether oxygens (including phenoxy) is 2. The molecule has 1 aromatic heterocycles. The summed E-state index contributed by atoms with van der Waals surface area (Å²) >= 11 is 6.52. The van der Waals surface area contributed by atoms with Crippen molar-refractivity contribution in [2.45, 2.75) is 20.4 Å². The van der Waals surface area contributed by atoms with Crippen molar-refractivity contribution < 1.29 is 19.1 Å². The fourth-order valence-corrected chi connectivity index (χ4v) is 3.80. The molecule has 0 saturated heterocycles. The fourth-order valence-electron chi connectivity index (χ4n) is 3.62. The Labute approximate surface area is 216 Å². The van der Waals surface area contributed by atoms with Crippen LogP contribution in [0.1, 0.15) is 40.1 Å². The molecule has 190 valence electrons. The number of nitrogens with one attached hydrogen (secondary N) is 1. The second-order valence-electron chi connectivity index (χ2n) is 9.10. The van der Waals surface area contributed by atoms with Crippen LogP contribution in [0, 0.1) is 5.41 Å². The smallest absolute Gasteiger partial charge is 0.255 e. The highest BCUT2D eigenvalue weighted by molar-refractivity contribution is 6.31. The van der Waals surface area contributed by atoms with Crippen molar-refractivity contribution in [2.75, 3.05) is 32.6 Å². The van der Waals surface area contributed by atoms with Gasteiger partial charge < -0.3 is 25.4 Å². The Hall–Kier alpha value is -3.62. The minimum atomic E-state index is -0.341. The van der Waals surface area contributed by atoms with E-state index in [1.165, 1.54) is 14.2 Å². The van der Waals surface area contributed by atoms with Crippen molar-refractivity contribution >= 4 is 29.1 Å². The van der Waals surface area contributed by atoms with Gasteiger partial charge in [-0.25, -0.2) is 0 Å². The third-order valence-corrected chi connectivity index (χ3v) is 6.07. The van der Waals surface area contributed by atoms with Crippen molar-refractivity contribution in [3.63, 3.8) is 0 Å². The summed E-state index contributed by atoms with van der Waals surface area (Å²) in [4.78, 5) is 31.9. The van der Waals surface area contributed by atoms with E-state index in [2.05, 4.69) is 10.3 Å². The van der Waals surface area contributed by atoms with Crippen molar-refractivity contribution in [1.29, 1.82) is 0 Å². The molecule has 0 bridgehead atoms. The number of amides is 2. The lowest BCUT2D eigenvalue weighted by molar-refractivity contribution is 0.0673. The minimum Gasteiger partial charge on any atom is -0.493 e. The van der Waals surface area contributed by atoms with Crippen molar-refractivity contribution in [3.8, 4) is 11.5 Å². The van der Waals surface area contributed by atoms with Gasteiger partial charge in [-0.15, -0.1) is 0 Å². The monoisotopic (exact) mass is 510 g/mol. The first kappa shape index (κ1) is 27.0. The van der Waals surface area contributed by atoms with Crippen LogP contribution in [0.4, 0.5) is 5.69 Å². The van der Waals surface area contributed by atoms with Gasteiger partial charge in [-0.3, -0.25) is 14.6 Å². The molecule has 0 spiro atoms. The summed E-state index contributed by atoms with van der Waals surface area (Å²) in [5.41, 5.74) is 7.82. The Morgan fingerprint density at radius 1 is 1.00 bits per heavy atom. The second kappa shape index (κ2) is 11.9. The third-order valence-electron chi connectivity index (χ3n) is 5.70. The van der Waals surface area contributed by atoms with Crippen molar-refractivity contribution in [2.24, 2.45) is 11.1 Å². The van der Waals surface area contributed by atoms with E-state index in [1.54, 1.807) is 65.8 Å². The van der Waals surface area contributed by atoms with E-state index in [0.29, 0.717) is 52.0 Å². The lowest BCUT2D eigenvalue weighted by atomic mass is 9.92. The van der Waals surface area contributed by atoms with Gasteiger partial charge in [0.2, 0.25) is 0 Å². The second-order valence-corrected chi connectivity index (χ2v) is 9.50. The maximum atomic E-state index is 13.6. The highest BCUT2D eigenvalue weighted by Crippen LogP contribution is 2.30. The van der Waals surface area contributed by atoms with Crippen molar-refractivity contribution in [3.05, 3.63) is 82.6 Å². The first-order valence-electron chi connectivity index (χ1n) is 11.4. The number of nitrogens with two attached hydrogens (primary N) is 1. The summed E-state index contributed by atoms with van der Waals surface area (Å²) in [5, 5.41) is 3.35. The van der Waals surface area contributed by atoms with Gasteiger partial charge in [0.05, 0.1) is 14.2 Å². The summed E-state index contributed by atoms with van der Waals surface area (Å²) in [6.07, 6.45) is 3.11. The van der Waals surface area contributed by atoms with E-state index in [-0.39, 0.29) is 23.8 Å². The summed E-state index contributed by atoms with van der Waals surface area (Å²) in [6, 6.07) is 13.5. The molecule has 0 saturated carbocycles. The Morgan fingerprint density at radius 2 is 1.69 bits per heavy atom. The van der Waals surface area contributed by atoms with Gasteiger partial charge in [0.1, 0.15) is 0 Å². The summed E-state index contributed by atoms with van der Waals surface area (Å²) < 4.78 is 10.7. The Morgan fingerprint density at radius 3 is 2.33 bits per heavy atom. The number of carbonyl (C=O) groups excluding carboxylic acids is 2. The molecule has 2 aromatic carbocycles.